The molecule has 3 aromatic rings. The lowest BCUT2D eigenvalue weighted by Gasteiger charge is -2.19. The Morgan fingerprint density at radius 3 is 2.61 bits per heavy atom. The number of hydrogen-bond acceptors (Lipinski definition) is 2. The number of imidazole rings is 1. The average molecular weight is 440 g/mol. The Labute approximate surface area is 195 Å². The van der Waals surface area contributed by atoms with E-state index >= 15 is 0 Å². The smallest absolute Gasteiger partial charge is 0.157 e. The predicted molar refractivity (Wildman–Crippen MR) is 136 cm³/mol. The molecule has 4 heteroatoms. The number of allylic oxidation sites excluding steroid dienone is 4. The Bertz CT molecular complexity index is 1330. The zero-order valence-electron chi connectivity index (χ0n) is 19.3. The molecule has 1 aliphatic rings. The van der Waals surface area contributed by atoms with Crippen LogP contribution in [0.2, 0.25) is 0 Å². The van der Waals surface area contributed by atoms with Crippen molar-refractivity contribution >= 4 is 24.2 Å². The molecule has 0 saturated heterocycles. The number of aromatic nitrogens is 2. The molecule has 0 saturated carbocycles. The van der Waals surface area contributed by atoms with Crippen LogP contribution >= 0.6 is 0 Å². The predicted octanol–water partition coefficient (Wildman–Crippen LogP) is 5.19. The molecule has 33 heavy (non-hydrogen) atoms. The van der Waals surface area contributed by atoms with Crippen molar-refractivity contribution in [2.45, 2.75) is 39.5 Å². The van der Waals surface area contributed by atoms with E-state index in [0.717, 1.165) is 47.0 Å². The van der Waals surface area contributed by atoms with E-state index in [1.165, 1.54) is 11.6 Å². The Balaban J connectivity index is 1.82. The lowest BCUT2D eigenvalue weighted by molar-refractivity contribution is 0.623. The maximum atomic E-state index is 14.6. The summed E-state index contributed by atoms with van der Waals surface area (Å²) >= 11 is 0. The molecule has 0 radical (unpaired) electrons. The van der Waals surface area contributed by atoms with Gasteiger partial charge in [-0.25, -0.2) is 9.37 Å². The van der Waals surface area contributed by atoms with Gasteiger partial charge in [-0.2, -0.15) is 0 Å². The van der Waals surface area contributed by atoms with E-state index in [1.54, 1.807) is 12.1 Å². The van der Waals surface area contributed by atoms with E-state index in [9.17, 15) is 4.39 Å². The van der Waals surface area contributed by atoms with Crippen LogP contribution in [0.25, 0.3) is 24.2 Å². The van der Waals surface area contributed by atoms with Gasteiger partial charge in [-0.15, -0.1) is 0 Å². The van der Waals surface area contributed by atoms with Crippen LogP contribution < -0.4 is 16.1 Å². The topological polar surface area (TPSA) is 29.9 Å². The molecule has 1 aliphatic heterocycles. The van der Waals surface area contributed by atoms with E-state index < -0.39 is 0 Å². The van der Waals surface area contributed by atoms with Gasteiger partial charge < -0.3 is 5.32 Å². The van der Waals surface area contributed by atoms with Gasteiger partial charge in [0.05, 0.1) is 22.4 Å². The van der Waals surface area contributed by atoms with E-state index in [0.29, 0.717) is 17.7 Å². The van der Waals surface area contributed by atoms with E-state index in [-0.39, 0.29) is 5.82 Å². The molecule has 2 aromatic carbocycles. The highest BCUT2D eigenvalue weighted by atomic mass is 19.1. The van der Waals surface area contributed by atoms with Crippen molar-refractivity contribution in [2.75, 3.05) is 0 Å². The number of nitrogens with one attached hydrogen (secondary N) is 1. The molecule has 3 nitrogen and oxygen atoms in total. The van der Waals surface area contributed by atoms with Crippen molar-refractivity contribution in [2.24, 2.45) is 0 Å². The Kier molecular flexibility index (Phi) is 7.04. The van der Waals surface area contributed by atoms with Crippen LogP contribution in [0.1, 0.15) is 43.5 Å². The first-order chi connectivity index (χ1) is 16.1. The first-order valence-electron chi connectivity index (χ1n) is 11.5. The van der Waals surface area contributed by atoms with Crippen LogP contribution in [0, 0.1) is 5.82 Å². The fraction of sp³-hybridized carbons (Fsp3) is 0.207. The second-order valence-corrected chi connectivity index (χ2v) is 8.26. The summed E-state index contributed by atoms with van der Waals surface area (Å²) in [5, 5.41) is 4.31. The highest BCUT2D eigenvalue weighted by molar-refractivity contribution is 5.81. The third-order valence-electron chi connectivity index (χ3n) is 5.78. The summed E-state index contributed by atoms with van der Waals surface area (Å²) in [4.78, 5) is 5.01. The Morgan fingerprint density at radius 1 is 1.12 bits per heavy atom. The van der Waals surface area contributed by atoms with Crippen LogP contribution in [0.4, 0.5) is 4.39 Å². The summed E-state index contributed by atoms with van der Waals surface area (Å²) < 4.78 is 16.6. The summed E-state index contributed by atoms with van der Waals surface area (Å²) in [6.45, 7) is 8.56. The normalized spacial score (nSPS) is 13.7. The maximum absolute atomic E-state index is 14.6. The van der Waals surface area contributed by atoms with E-state index in [4.69, 9.17) is 4.98 Å². The molecule has 168 valence electrons. The van der Waals surface area contributed by atoms with Gasteiger partial charge in [0.1, 0.15) is 5.82 Å². The molecule has 0 unspecified atom stereocenters. The van der Waals surface area contributed by atoms with Gasteiger partial charge in [-0.3, -0.25) is 4.57 Å². The lowest BCUT2D eigenvalue weighted by Crippen LogP contribution is -2.35. The van der Waals surface area contributed by atoms with Crippen LogP contribution in [0.3, 0.4) is 0 Å². The second-order valence-electron chi connectivity index (χ2n) is 8.26. The summed E-state index contributed by atoms with van der Waals surface area (Å²) in [5.74, 6) is -0.260. The standard InChI is InChI=1S/C29H30FN3/c1-4-6-13-22(12-5-2)18-26-21(3)33-20-28(24-16-10-11-17-25(24)30)31-27(29(33)32-26)19-23-14-8-7-9-15-23/h4,6-11,13-17,20,31H,3,5,12,18-19H2,1-2H3/b6-4-,22-13+. The Morgan fingerprint density at radius 2 is 1.88 bits per heavy atom. The van der Waals surface area contributed by atoms with Crippen LogP contribution in [-0.4, -0.2) is 9.55 Å². The molecule has 0 atom stereocenters. The highest BCUT2D eigenvalue weighted by Gasteiger charge is 2.19. The minimum Gasteiger partial charge on any atom is -0.354 e. The number of benzene rings is 2. The summed E-state index contributed by atoms with van der Waals surface area (Å²) in [6, 6.07) is 17.1. The number of rotatable bonds is 8. The largest absolute Gasteiger partial charge is 0.354 e. The number of nitrogens with zero attached hydrogens (tertiary/aromatic N) is 2. The molecule has 2 heterocycles. The highest BCUT2D eigenvalue weighted by Crippen LogP contribution is 2.21. The zero-order chi connectivity index (χ0) is 23.2. The molecule has 1 N–H and O–H groups in total. The maximum Gasteiger partial charge on any atom is 0.157 e. The summed E-state index contributed by atoms with van der Waals surface area (Å²) in [6.07, 6.45) is 11.7. The minimum atomic E-state index is -0.260. The van der Waals surface area contributed by atoms with E-state index in [1.807, 2.05) is 48.0 Å². The van der Waals surface area contributed by atoms with Crippen molar-refractivity contribution < 1.29 is 4.39 Å². The first-order valence-corrected chi connectivity index (χ1v) is 11.5. The summed E-state index contributed by atoms with van der Waals surface area (Å²) in [7, 11) is 0. The first kappa shape index (κ1) is 22.5. The average Bonchev–Trinajstić information content (AvgIpc) is 3.14. The third kappa shape index (κ3) is 5.06. The number of halogens is 1. The van der Waals surface area contributed by atoms with Gasteiger partial charge in [0.15, 0.2) is 5.48 Å². The van der Waals surface area contributed by atoms with Gasteiger partial charge in [-0.05, 0) is 31.0 Å². The van der Waals surface area contributed by atoms with Crippen molar-refractivity contribution in [1.29, 1.82) is 0 Å². The van der Waals surface area contributed by atoms with Crippen LogP contribution in [-0.2, 0) is 12.8 Å². The fourth-order valence-corrected chi connectivity index (χ4v) is 4.13. The Hall–Kier alpha value is -3.66. The van der Waals surface area contributed by atoms with Gasteiger partial charge >= 0.3 is 0 Å². The van der Waals surface area contributed by atoms with Gasteiger partial charge in [0.25, 0.3) is 0 Å². The molecule has 0 bridgehead atoms. The number of fused-ring (bicyclic) bond motifs is 1. The molecular weight excluding hydrogens is 409 g/mol. The zero-order valence-corrected chi connectivity index (χ0v) is 19.3. The van der Waals surface area contributed by atoms with Gasteiger partial charge in [0, 0.05) is 24.6 Å². The van der Waals surface area contributed by atoms with Crippen LogP contribution in [0.5, 0.6) is 0 Å². The minimum absolute atomic E-state index is 0.260. The molecule has 0 aliphatic carbocycles. The SMILES string of the molecule is C=c1c(C/C(=C/C=C\C)CCC)nc2n1C=C(c1ccccc1F)NC=2Cc1ccccc1. The monoisotopic (exact) mass is 439 g/mol. The second kappa shape index (κ2) is 10.3. The lowest BCUT2D eigenvalue weighted by atomic mass is 10.0. The van der Waals surface area contributed by atoms with E-state index in [2.05, 4.69) is 43.1 Å². The van der Waals surface area contributed by atoms with Crippen molar-refractivity contribution in [3.8, 4) is 0 Å². The fourth-order valence-electron chi connectivity index (χ4n) is 4.13. The molecule has 0 spiro atoms. The third-order valence-corrected chi connectivity index (χ3v) is 5.78. The summed E-state index contributed by atoms with van der Waals surface area (Å²) in [5.41, 5.74) is 6.45. The molecule has 0 amide bonds. The van der Waals surface area contributed by atoms with Crippen molar-refractivity contribution in [1.82, 2.24) is 14.9 Å². The molecule has 0 fully saturated rings. The molecular formula is C29H30FN3. The molecule has 1 aromatic heterocycles. The van der Waals surface area contributed by atoms with Crippen LogP contribution in [0.15, 0.2) is 78.4 Å². The number of hydrogen-bond donors (Lipinski definition) is 1. The molecule has 4 rings (SSSR count). The van der Waals surface area contributed by atoms with Crippen molar-refractivity contribution in [3.05, 3.63) is 112 Å². The van der Waals surface area contributed by atoms with Gasteiger partial charge in [0.2, 0.25) is 0 Å². The quantitative estimate of drug-likeness (QED) is 0.490. The van der Waals surface area contributed by atoms with Gasteiger partial charge in [-0.1, -0.05) is 86.2 Å². The van der Waals surface area contributed by atoms with Crippen molar-refractivity contribution in [3.63, 3.8) is 0 Å².